The van der Waals surface area contributed by atoms with Gasteiger partial charge < -0.3 is 9.88 Å². The fourth-order valence-corrected chi connectivity index (χ4v) is 4.60. The van der Waals surface area contributed by atoms with Gasteiger partial charge in [0.1, 0.15) is 5.82 Å². The van der Waals surface area contributed by atoms with Crippen LogP contribution in [-0.4, -0.2) is 42.3 Å². The summed E-state index contributed by atoms with van der Waals surface area (Å²) in [7, 11) is 0. The fourth-order valence-electron chi connectivity index (χ4n) is 4.60. The number of nitrogens with zero attached hydrogens (tertiary/aromatic N) is 5. The topological polar surface area (TPSA) is 79.7 Å². The average Bonchev–Trinajstić information content (AvgIpc) is 3.53. The Morgan fingerprint density at radius 2 is 1.79 bits per heavy atom. The van der Waals surface area contributed by atoms with E-state index in [0.29, 0.717) is 35.6 Å². The molecule has 0 bridgehead atoms. The Hall–Kier alpha value is -3.69. The Kier molecular flexibility index (Phi) is 5.00. The highest BCUT2D eigenvalue weighted by molar-refractivity contribution is 5.99. The zero-order valence-corrected chi connectivity index (χ0v) is 18.9. The van der Waals surface area contributed by atoms with Crippen LogP contribution in [0, 0.1) is 13.8 Å². The Labute approximate surface area is 193 Å². The maximum atomic E-state index is 13.9. The van der Waals surface area contributed by atoms with Gasteiger partial charge in [0.05, 0.1) is 45.8 Å². The molecule has 1 N–H and O–H groups in total. The van der Waals surface area contributed by atoms with Crippen molar-refractivity contribution >= 4 is 16.9 Å². The average molecular weight is 468 g/mol. The molecule has 3 heterocycles. The number of hydrogen-bond acceptors (Lipinski definition) is 4. The van der Waals surface area contributed by atoms with E-state index >= 15 is 0 Å². The van der Waals surface area contributed by atoms with E-state index < -0.39 is 17.3 Å². The van der Waals surface area contributed by atoms with Crippen molar-refractivity contribution in [3.63, 3.8) is 0 Å². The van der Waals surface area contributed by atoms with Crippen molar-refractivity contribution in [3.8, 4) is 5.69 Å². The highest BCUT2D eigenvalue weighted by atomic mass is 19.4. The molecule has 1 aliphatic heterocycles. The normalized spacial score (nSPS) is 18.7. The van der Waals surface area contributed by atoms with Crippen molar-refractivity contribution in [2.75, 3.05) is 6.54 Å². The van der Waals surface area contributed by atoms with Gasteiger partial charge in [0.2, 0.25) is 0 Å². The molecule has 7 nitrogen and oxygen atoms in total. The van der Waals surface area contributed by atoms with Crippen molar-refractivity contribution in [2.45, 2.75) is 45.3 Å². The van der Waals surface area contributed by atoms with Crippen LogP contribution in [0.1, 0.15) is 52.6 Å². The predicted octanol–water partition coefficient (Wildman–Crippen LogP) is 4.93. The Balaban J connectivity index is 1.57. The molecule has 1 amide bonds. The van der Waals surface area contributed by atoms with Crippen LogP contribution in [0.3, 0.4) is 0 Å². The number of amides is 1. The molecule has 176 valence electrons. The van der Waals surface area contributed by atoms with Gasteiger partial charge in [0.25, 0.3) is 5.91 Å². The second-order valence-electron chi connectivity index (χ2n) is 8.92. The number of carbonyl (C=O) groups excluding carboxylic acids is 1. The molecule has 1 fully saturated rings. The first kappa shape index (κ1) is 22.1. The third-order valence-corrected chi connectivity index (χ3v) is 6.68. The van der Waals surface area contributed by atoms with Gasteiger partial charge in [0.15, 0.2) is 0 Å². The van der Waals surface area contributed by atoms with Crippen LogP contribution in [0.4, 0.5) is 13.2 Å². The second-order valence-corrected chi connectivity index (χ2v) is 8.92. The van der Waals surface area contributed by atoms with Crippen LogP contribution < -0.4 is 0 Å². The number of aryl methyl sites for hydroxylation is 2. The molecule has 0 saturated carbocycles. The zero-order chi connectivity index (χ0) is 24.3. The summed E-state index contributed by atoms with van der Waals surface area (Å²) in [6, 6.07) is 7.16. The van der Waals surface area contributed by atoms with Crippen molar-refractivity contribution in [2.24, 2.45) is 0 Å². The molecule has 10 heteroatoms. The number of H-pyrrole nitrogens is 1. The number of imidazole rings is 1. The smallest absolute Gasteiger partial charge is 0.340 e. The molecule has 34 heavy (non-hydrogen) atoms. The van der Waals surface area contributed by atoms with Crippen molar-refractivity contribution in [1.29, 1.82) is 0 Å². The highest BCUT2D eigenvalue weighted by Crippen LogP contribution is 2.40. The summed E-state index contributed by atoms with van der Waals surface area (Å²) in [6.45, 7) is 6.29. The first-order valence-corrected chi connectivity index (χ1v) is 11.0. The highest BCUT2D eigenvalue weighted by Gasteiger charge is 2.44. The van der Waals surface area contributed by atoms with Crippen LogP contribution >= 0.6 is 0 Å². The second kappa shape index (κ2) is 7.68. The molecule has 2 aromatic heterocycles. The van der Waals surface area contributed by atoms with E-state index in [1.54, 1.807) is 17.3 Å². The SMILES string of the molecule is Cc1cc(C(=O)N2CCCC2(C)c2nc3cc(C(F)(F)F)ccc3[nH]2)c(-n2nccn2)cc1C. The van der Waals surface area contributed by atoms with Gasteiger partial charge in [-0.05, 0) is 75.1 Å². The number of benzene rings is 2. The van der Waals surface area contributed by atoms with Crippen LogP contribution in [0.2, 0.25) is 0 Å². The number of likely N-dealkylation sites (tertiary alicyclic amines) is 1. The lowest BCUT2D eigenvalue weighted by Crippen LogP contribution is -2.44. The maximum Gasteiger partial charge on any atom is 0.416 e. The van der Waals surface area contributed by atoms with Gasteiger partial charge in [-0.2, -0.15) is 28.2 Å². The molecule has 0 spiro atoms. The third-order valence-electron chi connectivity index (χ3n) is 6.68. The van der Waals surface area contributed by atoms with E-state index in [2.05, 4.69) is 20.2 Å². The minimum Gasteiger partial charge on any atom is -0.340 e. The minimum absolute atomic E-state index is 0.202. The quantitative estimate of drug-likeness (QED) is 0.462. The number of rotatable bonds is 3. The molecule has 0 aliphatic carbocycles. The lowest BCUT2D eigenvalue weighted by Gasteiger charge is -2.34. The first-order valence-electron chi connectivity index (χ1n) is 11.0. The van der Waals surface area contributed by atoms with Gasteiger partial charge in [0, 0.05) is 6.54 Å². The summed E-state index contributed by atoms with van der Waals surface area (Å²) < 4.78 is 39.5. The number of fused-ring (bicyclic) bond motifs is 1. The molecule has 0 radical (unpaired) electrons. The van der Waals surface area contributed by atoms with Gasteiger partial charge in [-0.15, -0.1) is 0 Å². The van der Waals surface area contributed by atoms with Crippen molar-refractivity contribution in [3.05, 3.63) is 70.8 Å². The Morgan fingerprint density at radius 3 is 2.50 bits per heavy atom. The molecule has 2 aromatic carbocycles. The summed E-state index contributed by atoms with van der Waals surface area (Å²) in [5.41, 5.74) is 2.16. The molecule has 1 aliphatic rings. The number of carbonyl (C=O) groups is 1. The monoisotopic (exact) mass is 468 g/mol. The van der Waals surface area contributed by atoms with E-state index in [0.717, 1.165) is 29.7 Å². The molecule has 1 saturated heterocycles. The molecular formula is C24H23F3N6O. The molecule has 1 atom stereocenters. The van der Waals surface area contributed by atoms with Gasteiger partial charge in [-0.25, -0.2) is 4.98 Å². The molecule has 5 rings (SSSR count). The number of hydrogen-bond donors (Lipinski definition) is 1. The summed E-state index contributed by atoms with van der Waals surface area (Å²) in [5, 5.41) is 8.41. The summed E-state index contributed by atoms with van der Waals surface area (Å²) >= 11 is 0. The van der Waals surface area contributed by atoms with E-state index in [4.69, 9.17) is 0 Å². The summed E-state index contributed by atoms with van der Waals surface area (Å²) in [4.78, 5) is 24.7. The number of aromatic amines is 1. The van der Waals surface area contributed by atoms with Gasteiger partial charge in [-0.3, -0.25) is 4.79 Å². The van der Waals surface area contributed by atoms with Crippen LogP contribution in [-0.2, 0) is 11.7 Å². The number of halogens is 3. The van der Waals surface area contributed by atoms with Crippen LogP contribution in [0.5, 0.6) is 0 Å². The zero-order valence-electron chi connectivity index (χ0n) is 18.9. The number of alkyl halides is 3. The number of nitrogens with one attached hydrogen (secondary N) is 1. The summed E-state index contributed by atoms with van der Waals surface area (Å²) in [6.07, 6.45) is 0.0189. The molecule has 4 aromatic rings. The summed E-state index contributed by atoms with van der Waals surface area (Å²) in [5.74, 6) is 0.266. The van der Waals surface area contributed by atoms with Crippen LogP contribution in [0.15, 0.2) is 42.7 Å². The lowest BCUT2D eigenvalue weighted by atomic mass is 9.96. The standard InChI is InChI=1S/C24H23F3N6O/c1-14-11-17(20(12-15(14)2)33-28-8-9-29-33)21(34)32-10-4-7-23(32,3)22-30-18-6-5-16(24(25,26)27)13-19(18)31-22/h5-6,8-9,11-13H,4,7,10H2,1-3H3,(H,30,31). The largest absolute Gasteiger partial charge is 0.416 e. The minimum atomic E-state index is -4.45. The lowest BCUT2D eigenvalue weighted by molar-refractivity contribution is -0.137. The van der Waals surface area contributed by atoms with E-state index in [9.17, 15) is 18.0 Å². The first-order chi connectivity index (χ1) is 16.1. The van der Waals surface area contributed by atoms with Crippen molar-refractivity contribution < 1.29 is 18.0 Å². The number of aromatic nitrogens is 5. The molecular weight excluding hydrogens is 445 g/mol. The fraction of sp³-hybridized carbons (Fsp3) is 0.333. The van der Waals surface area contributed by atoms with Crippen molar-refractivity contribution in [1.82, 2.24) is 29.9 Å². The third kappa shape index (κ3) is 3.53. The van der Waals surface area contributed by atoms with Gasteiger partial charge >= 0.3 is 6.18 Å². The van der Waals surface area contributed by atoms with E-state index in [-0.39, 0.29) is 11.4 Å². The Morgan fingerprint density at radius 1 is 1.09 bits per heavy atom. The predicted molar refractivity (Wildman–Crippen MR) is 120 cm³/mol. The van der Waals surface area contributed by atoms with Gasteiger partial charge in [-0.1, -0.05) is 0 Å². The maximum absolute atomic E-state index is 13.9. The van der Waals surface area contributed by atoms with Crippen LogP contribution in [0.25, 0.3) is 16.7 Å². The van der Waals surface area contributed by atoms with E-state index in [1.807, 2.05) is 32.9 Å². The Bertz CT molecular complexity index is 1390. The molecule has 1 unspecified atom stereocenters. The van der Waals surface area contributed by atoms with E-state index in [1.165, 1.54) is 10.9 Å².